The van der Waals surface area contributed by atoms with Crippen molar-refractivity contribution in [3.05, 3.63) is 96.6 Å². The molecule has 2 aromatic carbocycles. The van der Waals surface area contributed by atoms with Gasteiger partial charge in [0.1, 0.15) is 17.2 Å². The van der Waals surface area contributed by atoms with Crippen LogP contribution >= 0.6 is 0 Å². The molecule has 4 N–H and O–H groups in total. The molecule has 0 radical (unpaired) electrons. The first-order valence-corrected chi connectivity index (χ1v) is 12.3. The van der Waals surface area contributed by atoms with E-state index >= 15 is 0 Å². The van der Waals surface area contributed by atoms with Crippen LogP contribution in [-0.2, 0) is 16.1 Å². The standard InChI is InChI=1S/C29H28N6O3/c30-27-9-6-20(21-14-25(18-32-16-21)38-24-4-2-1-3-5-24)15-26(27)28(31)29(36)34-22-7-8-23(33-17-22)19-35-10-12-37-13-11-35/h1-9,14-18,31H,10-13,19,30H2,(H,34,36). The molecule has 38 heavy (non-hydrogen) atoms. The smallest absolute Gasteiger partial charge is 0.274 e. The zero-order chi connectivity index (χ0) is 26.3. The van der Waals surface area contributed by atoms with Crippen molar-refractivity contribution in [3.63, 3.8) is 0 Å². The van der Waals surface area contributed by atoms with Gasteiger partial charge in [-0.1, -0.05) is 24.3 Å². The Balaban J connectivity index is 1.27. The lowest BCUT2D eigenvalue weighted by Gasteiger charge is -2.26. The number of pyridine rings is 2. The first kappa shape index (κ1) is 25.1. The molecule has 2 aromatic heterocycles. The van der Waals surface area contributed by atoms with Crippen LogP contribution in [0, 0.1) is 5.41 Å². The lowest BCUT2D eigenvalue weighted by atomic mass is 10.00. The summed E-state index contributed by atoms with van der Waals surface area (Å²) in [5.74, 6) is 0.701. The second-order valence-corrected chi connectivity index (χ2v) is 8.88. The number of carbonyl (C=O) groups is 1. The van der Waals surface area contributed by atoms with Crippen LogP contribution in [0.1, 0.15) is 11.3 Å². The highest BCUT2D eigenvalue weighted by Gasteiger charge is 2.17. The molecule has 0 spiro atoms. The minimum atomic E-state index is -0.573. The third-order valence-corrected chi connectivity index (χ3v) is 6.15. The molecule has 9 nitrogen and oxygen atoms in total. The summed E-state index contributed by atoms with van der Waals surface area (Å²) in [4.78, 5) is 23.9. The van der Waals surface area contributed by atoms with Crippen molar-refractivity contribution in [2.24, 2.45) is 0 Å². The Morgan fingerprint density at radius 1 is 0.974 bits per heavy atom. The van der Waals surface area contributed by atoms with Crippen LogP contribution in [0.2, 0.25) is 0 Å². The number of morpholine rings is 1. The number of para-hydroxylation sites is 1. The van der Waals surface area contributed by atoms with Gasteiger partial charge in [-0.2, -0.15) is 0 Å². The summed E-state index contributed by atoms with van der Waals surface area (Å²) >= 11 is 0. The highest BCUT2D eigenvalue weighted by atomic mass is 16.5. The summed E-state index contributed by atoms with van der Waals surface area (Å²) in [7, 11) is 0. The number of nitrogens with one attached hydrogen (secondary N) is 2. The minimum absolute atomic E-state index is 0.244. The monoisotopic (exact) mass is 508 g/mol. The van der Waals surface area contributed by atoms with Gasteiger partial charge in [-0.25, -0.2) is 0 Å². The maximum absolute atomic E-state index is 12.9. The third-order valence-electron chi connectivity index (χ3n) is 6.15. The number of hydrogen-bond acceptors (Lipinski definition) is 8. The Hall–Kier alpha value is -4.60. The zero-order valence-corrected chi connectivity index (χ0v) is 20.8. The summed E-state index contributed by atoms with van der Waals surface area (Å²) < 4.78 is 11.3. The van der Waals surface area contributed by atoms with Crippen molar-refractivity contribution in [1.82, 2.24) is 14.9 Å². The largest absolute Gasteiger partial charge is 0.456 e. The van der Waals surface area contributed by atoms with E-state index in [0.717, 1.165) is 49.7 Å². The van der Waals surface area contributed by atoms with Crippen LogP contribution < -0.4 is 15.8 Å². The molecule has 4 aromatic rings. The number of aromatic nitrogens is 2. The van der Waals surface area contributed by atoms with Crippen LogP contribution in [-0.4, -0.2) is 52.8 Å². The molecular formula is C29H28N6O3. The maximum Gasteiger partial charge on any atom is 0.274 e. The van der Waals surface area contributed by atoms with Gasteiger partial charge in [0, 0.05) is 42.6 Å². The van der Waals surface area contributed by atoms with Gasteiger partial charge in [0.2, 0.25) is 0 Å². The van der Waals surface area contributed by atoms with E-state index in [1.165, 1.54) is 0 Å². The number of carbonyl (C=O) groups excluding carboxylic acids is 1. The fraction of sp³-hybridized carbons (Fsp3) is 0.172. The number of ether oxygens (including phenoxy) is 2. The van der Waals surface area contributed by atoms with Crippen LogP contribution in [0.5, 0.6) is 11.5 Å². The summed E-state index contributed by atoms with van der Waals surface area (Å²) in [5, 5.41) is 11.3. The molecule has 1 aliphatic heterocycles. The highest BCUT2D eigenvalue weighted by molar-refractivity contribution is 6.48. The average Bonchev–Trinajstić information content (AvgIpc) is 2.95. The molecule has 0 saturated carbocycles. The zero-order valence-electron chi connectivity index (χ0n) is 20.8. The fourth-order valence-electron chi connectivity index (χ4n) is 4.11. The first-order chi connectivity index (χ1) is 18.5. The Bertz CT molecular complexity index is 1420. The van der Waals surface area contributed by atoms with E-state index in [9.17, 15) is 4.79 Å². The summed E-state index contributed by atoms with van der Waals surface area (Å²) in [5.41, 5.74) is 9.51. The Labute approximate surface area is 220 Å². The molecule has 0 unspecified atom stereocenters. The van der Waals surface area contributed by atoms with Gasteiger partial charge < -0.3 is 20.5 Å². The van der Waals surface area contributed by atoms with Gasteiger partial charge in [-0.3, -0.25) is 25.1 Å². The number of nitrogen functional groups attached to an aromatic ring is 1. The summed E-state index contributed by atoms with van der Waals surface area (Å²) in [6.45, 7) is 3.92. The summed E-state index contributed by atoms with van der Waals surface area (Å²) in [6.07, 6.45) is 4.93. The lowest BCUT2D eigenvalue weighted by molar-refractivity contribution is -0.110. The maximum atomic E-state index is 12.9. The van der Waals surface area contributed by atoms with Gasteiger partial charge in [-0.05, 0) is 48.0 Å². The molecule has 1 amide bonds. The number of benzene rings is 2. The average molecular weight is 509 g/mol. The molecule has 3 heterocycles. The molecule has 1 saturated heterocycles. The predicted molar refractivity (Wildman–Crippen MR) is 146 cm³/mol. The molecule has 9 heteroatoms. The molecule has 5 rings (SSSR count). The van der Waals surface area contributed by atoms with Crippen molar-refractivity contribution in [2.45, 2.75) is 6.54 Å². The first-order valence-electron chi connectivity index (χ1n) is 12.3. The number of hydrogen-bond donors (Lipinski definition) is 3. The Kier molecular flexibility index (Phi) is 7.67. The topological polar surface area (TPSA) is 126 Å². The van der Waals surface area contributed by atoms with Crippen LogP contribution in [0.4, 0.5) is 11.4 Å². The molecular weight excluding hydrogens is 480 g/mol. The fourth-order valence-corrected chi connectivity index (χ4v) is 4.11. The van der Waals surface area contributed by atoms with Gasteiger partial charge in [0.25, 0.3) is 5.91 Å². The lowest BCUT2D eigenvalue weighted by Crippen LogP contribution is -2.35. The van der Waals surface area contributed by atoms with Crippen molar-refractivity contribution in [1.29, 1.82) is 5.41 Å². The van der Waals surface area contributed by atoms with E-state index in [1.807, 2.05) is 48.5 Å². The Morgan fingerprint density at radius 3 is 2.55 bits per heavy atom. The summed E-state index contributed by atoms with van der Waals surface area (Å²) in [6, 6.07) is 20.2. The van der Waals surface area contributed by atoms with E-state index in [0.29, 0.717) is 28.4 Å². The number of nitrogens with two attached hydrogens (primary N) is 1. The van der Waals surface area contributed by atoms with Crippen LogP contribution in [0.25, 0.3) is 11.1 Å². The Morgan fingerprint density at radius 2 is 1.79 bits per heavy atom. The van der Waals surface area contributed by atoms with Gasteiger partial charge in [-0.15, -0.1) is 0 Å². The number of nitrogens with zero attached hydrogens (tertiary/aromatic N) is 3. The second kappa shape index (κ2) is 11.6. The molecule has 192 valence electrons. The highest BCUT2D eigenvalue weighted by Crippen LogP contribution is 2.28. The number of amides is 1. The SMILES string of the molecule is N=C(C(=O)Nc1ccc(CN2CCOCC2)nc1)c1cc(-c2cncc(Oc3ccccc3)c2)ccc1N. The van der Waals surface area contributed by atoms with Crippen molar-refractivity contribution < 1.29 is 14.3 Å². The van der Waals surface area contributed by atoms with Gasteiger partial charge in [0.05, 0.1) is 37.0 Å². The third kappa shape index (κ3) is 6.20. The number of anilines is 2. The molecule has 1 fully saturated rings. The minimum Gasteiger partial charge on any atom is -0.456 e. The normalized spacial score (nSPS) is 13.6. The van der Waals surface area contributed by atoms with Crippen molar-refractivity contribution in [3.8, 4) is 22.6 Å². The predicted octanol–water partition coefficient (Wildman–Crippen LogP) is 4.36. The van der Waals surface area contributed by atoms with E-state index in [4.69, 9.17) is 20.6 Å². The van der Waals surface area contributed by atoms with Crippen molar-refractivity contribution in [2.75, 3.05) is 37.4 Å². The molecule has 1 aliphatic rings. The van der Waals surface area contributed by atoms with Gasteiger partial charge >= 0.3 is 0 Å². The van der Waals surface area contributed by atoms with E-state index < -0.39 is 5.91 Å². The van der Waals surface area contributed by atoms with E-state index in [-0.39, 0.29) is 5.71 Å². The molecule has 0 aliphatic carbocycles. The quantitative estimate of drug-likeness (QED) is 0.238. The van der Waals surface area contributed by atoms with E-state index in [2.05, 4.69) is 20.2 Å². The van der Waals surface area contributed by atoms with Gasteiger partial charge in [0.15, 0.2) is 0 Å². The van der Waals surface area contributed by atoms with E-state index in [1.54, 1.807) is 36.8 Å². The van der Waals surface area contributed by atoms with Crippen LogP contribution in [0.3, 0.4) is 0 Å². The molecule has 0 bridgehead atoms. The van der Waals surface area contributed by atoms with Crippen LogP contribution in [0.15, 0.2) is 85.3 Å². The molecule has 0 atom stereocenters. The van der Waals surface area contributed by atoms with Crippen molar-refractivity contribution >= 4 is 23.0 Å². The number of rotatable bonds is 8. The second-order valence-electron chi connectivity index (χ2n) is 8.88.